The maximum absolute atomic E-state index is 6.02. The van der Waals surface area contributed by atoms with Crippen LogP contribution in [0, 0.1) is 5.92 Å². The largest absolute Gasteiger partial charge is 0.475 e. The number of nitrogens with zero attached hydrogens (tertiary/aromatic N) is 1. The van der Waals surface area contributed by atoms with Crippen LogP contribution in [0.15, 0.2) is 12.1 Å². The van der Waals surface area contributed by atoms with E-state index in [1.807, 2.05) is 0 Å². The Bertz CT molecular complexity index is 416. The number of rotatable bonds is 9. The average Bonchev–Trinajstić information content (AvgIpc) is 2.35. The molecule has 0 radical (unpaired) electrons. The first-order valence-corrected chi connectivity index (χ1v) is 8.30. The van der Waals surface area contributed by atoms with Crippen LogP contribution in [0.1, 0.15) is 65.6 Å². The Morgan fingerprint density at radius 2 is 1.86 bits per heavy atom. The van der Waals surface area contributed by atoms with Gasteiger partial charge >= 0.3 is 0 Å². The zero-order valence-corrected chi connectivity index (χ0v) is 14.6. The smallest absolute Gasteiger partial charge is 0.214 e. The van der Waals surface area contributed by atoms with E-state index in [9.17, 15) is 0 Å². The van der Waals surface area contributed by atoms with Crippen molar-refractivity contribution in [1.29, 1.82) is 0 Å². The molecule has 0 saturated carbocycles. The summed E-state index contributed by atoms with van der Waals surface area (Å²) in [6.07, 6.45) is 3.37. The highest BCUT2D eigenvalue weighted by atomic mass is 16.5. The minimum atomic E-state index is 0.209. The van der Waals surface area contributed by atoms with Crippen molar-refractivity contribution in [1.82, 2.24) is 10.3 Å². The molecule has 0 aliphatic carbocycles. The summed E-state index contributed by atoms with van der Waals surface area (Å²) in [7, 11) is 0. The van der Waals surface area contributed by atoms with Gasteiger partial charge in [0.25, 0.3) is 0 Å². The van der Waals surface area contributed by atoms with Crippen molar-refractivity contribution in [3.63, 3.8) is 0 Å². The third kappa shape index (κ3) is 7.47. The minimum Gasteiger partial charge on any atom is -0.475 e. The lowest BCUT2D eigenvalue weighted by Crippen LogP contribution is -2.22. The van der Waals surface area contributed by atoms with Crippen LogP contribution < -0.4 is 10.1 Å². The number of pyridine rings is 1. The maximum Gasteiger partial charge on any atom is 0.214 e. The summed E-state index contributed by atoms with van der Waals surface area (Å²) >= 11 is 0. The Labute approximate surface area is 130 Å². The lowest BCUT2D eigenvalue weighted by atomic mass is 10.1. The van der Waals surface area contributed by atoms with Crippen LogP contribution in [0.5, 0.6) is 5.88 Å². The molecule has 0 bridgehead atoms. The van der Waals surface area contributed by atoms with E-state index in [4.69, 9.17) is 4.74 Å². The van der Waals surface area contributed by atoms with E-state index in [0.717, 1.165) is 37.4 Å². The van der Waals surface area contributed by atoms with E-state index >= 15 is 0 Å². The van der Waals surface area contributed by atoms with Gasteiger partial charge in [-0.05, 0) is 37.3 Å². The van der Waals surface area contributed by atoms with Crippen molar-refractivity contribution < 1.29 is 4.74 Å². The minimum absolute atomic E-state index is 0.209. The second-order valence-corrected chi connectivity index (χ2v) is 6.65. The fourth-order valence-electron chi connectivity index (χ4n) is 2.41. The van der Waals surface area contributed by atoms with Crippen LogP contribution >= 0.6 is 0 Å². The summed E-state index contributed by atoms with van der Waals surface area (Å²) < 4.78 is 6.02. The zero-order valence-electron chi connectivity index (χ0n) is 14.6. The van der Waals surface area contributed by atoms with E-state index in [1.54, 1.807) is 0 Å². The molecule has 0 aliphatic rings. The van der Waals surface area contributed by atoms with Gasteiger partial charge in [0.15, 0.2) is 0 Å². The van der Waals surface area contributed by atoms with Crippen LogP contribution in [-0.4, -0.2) is 17.1 Å². The highest BCUT2D eigenvalue weighted by Crippen LogP contribution is 2.18. The second-order valence-electron chi connectivity index (χ2n) is 6.65. The van der Waals surface area contributed by atoms with Crippen molar-refractivity contribution in [2.75, 3.05) is 0 Å². The van der Waals surface area contributed by atoms with Gasteiger partial charge in [-0.25, -0.2) is 4.98 Å². The fraction of sp³-hybridized carbons (Fsp3) is 0.722. The quantitative estimate of drug-likeness (QED) is 0.735. The number of nitrogens with one attached hydrogen (secondary N) is 1. The summed E-state index contributed by atoms with van der Waals surface area (Å²) in [6.45, 7) is 13.9. The molecule has 0 fully saturated rings. The predicted molar refractivity (Wildman–Crippen MR) is 89.8 cm³/mol. The van der Waals surface area contributed by atoms with Gasteiger partial charge in [0.2, 0.25) is 5.88 Å². The van der Waals surface area contributed by atoms with Gasteiger partial charge in [0.05, 0.1) is 6.10 Å². The standard InChI is InChI=1S/C18H32N2O/c1-7-8-17-10-16(12-19-14(4)5)11-18(20-17)21-15(6)9-13(2)3/h10-11,13-15,19H,7-9,12H2,1-6H3. The highest BCUT2D eigenvalue weighted by Gasteiger charge is 2.10. The molecule has 1 heterocycles. The van der Waals surface area contributed by atoms with E-state index in [0.29, 0.717) is 12.0 Å². The average molecular weight is 292 g/mol. The molecule has 1 atom stereocenters. The predicted octanol–water partition coefficient (Wildman–Crippen LogP) is 4.35. The molecule has 1 unspecified atom stereocenters. The van der Waals surface area contributed by atoms with Crippen LogP contribution in [-0.2, 0) is 13.0 Å². The molecule has 0 amide bonds. The molecular weight excluding hydrogens is 260 g/mol. The normalized spacial score (nSPS) is 13.0. The molecule has 3 nitrogen and oxygen atoms in total. The third-order valence-electron chi connectivity index (χ3n) is 3.26. The Balaban J connectivity index is 2.80. The van der Waals surface area contributed by atoms with Crippen LogP contribution in [0.4, 0.5) is 0 Å². The SMILES string of the molecule is CCCc1cc(CNC(C)C)cc(OC(C)CC(C)C)n1. The van der Waals surface area contributed by atoms with Gasteiger partial charge in [-0.1, -0.05) is 41.0 Å². The summed E-state index contributed by atoms with van der Waals surface area (Å²) in [5, 5.41) is 3.46. The van der Waals surface area contributed by atoms with Gasteiger partial charge in [0.1, 0.15) is 0 Å². The Hall–Kier alpha value is -1.09. The number of aryl methyl sites for hydroxylation is 1. The first-order valence-electron chi connectivity index (χ1n) is 8.30. The first-order chi connectivity index (χ1) is 9.90. The first kappa shape index (κ1) is 18.0. The maximum atomic E-state index is 6.02. The van der Waals surface area contributed by atoms with Crippen LogP contribution in [0.25, 0.3) is 0 Å². The number of ether oxygens (including phenoxy) is 1. The highest BCUT2D eigenvalue weighted by molar-refractivity contribution is 5.25. The van der Waals surface area contributed by atoms with Crippen molar-refractivity contribution in [2.45, 2.75) is 79.5 Å². The monoisotopic (exact) mass is 292 g/mol. The third-order valence-corrected chi connectivity index (χ3v) is 3.26. The van der Waals surface area contributed by atoms with Crippen molar-refractivity contribution in [3.8, 4) is 5.88 Å². The second kappa shape index (κ2) is 9.04. The van der Waals surface area contributed by atoms with E-state index < -0.39 is 0 Å². The Morgan fingerprint density at radius 3 is 2.43 bits per heavy atom. The van der Waals surface area contributed by atoms with Gasteiger partial charge in [-0.15, -0.1) is 0 Å². The van der Waals surface area contributed by atoms with Gasteiger partial charge < -0.3 is 10.1 Å². The molecule has 1 N–H and O–H groups in total. The molecule has 3 heteroatoms. The van der Waals surface area contributed by atoms with E-state index in [-0.39, 0.29) is 6.10 Å². The van der Waals surface area contributed by atoms with Gasteiger partial charge in [0, 0.05) is 24.3 Å². The lowest BCUT2D eigenvalue weighted by Gasteiger charge is -2.17. The molecule has 0 saturated heterocycles. The summed E-state index contributed by atoms with van der Waals surface area (Å²) in [5.74, 6) is 1.41. The topological polar surface area (TPSA) is 34.1 Å². The van der Waals surface area contributed by atoms with Crippen LogP contribution in [0.3, 0.4) is 0 Å². The summed E-state index contributed by atoms with van der Waals surface area (Å²) in [6, 6.07) is 4.75. The zero-order chi connectivity index (χ0) is 15.8. The van der Waals surface area contributed by atoms with Gasteiger partial charge in [-0.2, -0.15) is 0 Å². The molecule has 0 aromatic carbocycles. The molecule has 1 aromatic heterocycles. The molecule has 0 spiro atoms. The van der Waals surface area contributed by atoms with Crippen LogP contribution in [0.2, 0.25) is 0 Å². The van der Waals surface area contributed by atoms with Gasteiger partial charge in [-0.3, -0.25) is 0 Å². The fourth-order valence-corrected chi connectivity index (χ4v) is 2.41. The number of hydrogen-bond donors (Lipinski definition) is 1. The van der Waals surface area contributed by atoms with Crippen molar-refractivity contribution >= 4 is 0 Å². The molecular formula is C18H32N2O. The molecule has 1 rings (SSSR count). The number of aromatic nitrogens is 1. The molecule has 0 aliphatic heterocycles. The van der Waals surface area contributed by atoms with Crippen molar-refractivity contribution in [2.24, 2.45) is 5.92 Å². The Morgan fingerprint density at radius 1 is 1.14 bits per heavy atom. The molecule has 21 heavy (non-hydrogen) atoms. The summed E-state index contributed by atoms with van der Waals surface area (Å²) in [4.78, 5) is 4.65. The molecule has 120 valence electrons. The van der Waals surface area contributed by atoms with Crippen molar-refractivity contribution in [3.05, 3.63) is 23.4 Å². The van der Waals surface area contributed by atoms with E-state index in [1.165, 1.54) is 5.56 Å². The summed E-state index contributed by atoms with van der Waals surface area (Å²) in [5.41, 5.74) is 2.39. The molecule has 1 aromatic rings. The lowest BCUT2D eigenvalue weighted by molar-refractivity contribution is 0.185. The Kier molecular flexibility index (Phi) is 7.73. The van der Waals surface area contributed by atoms with E-state index in [2.05, 4.69) is 64.0 Å². The number of hydrogen-bond acceptors (Lipinski definition) is 3.